The molecule has 1 aliphatic carbocycles. The number of rotatable bonds is 5. The standard InChI is InChI=1S/C18H21FN3O2P/c1-3-11-15(12(19)9-21-16(11)20)24-13-5-4-10(8-14(13)25)22-17(23)18(2)6-7-18/h4-5,8-9H,3,6-7,25H2,1-2H3,(H2,20,21)(H,22,23). The monoisotopic (exact) mass is 361 g/mol. The number of aromatic nitrogens is 1. The smallest absolute Gasteiger partial charge is 0.230 e. The minimum Gasteiger partial charge on any atom is -0.453 e. The number of nitrogen functional groups attached to an aromatic ring is 1. The zero-order chi connectivity index (χ0) is 18.2. The van der Waals surface area contributed by atoms with E-state index >= 15 is 0 Å². The van der Waals surface area contributed by atoms with Crippen LogP contribution >= 0.6 is 9.24 Å². The Morgan fingerprint density at radius 1 is 1.48 bits per heavy atom. The summed E-state index contributed by atoms with van der Waals surface area (Å²) in [5, 5.41) is 3.61. The van der Waals surface area contributed by atoms with Gasteiger partial charge in [-0.05, 0) is 37.5 Å². The average molecular weight is 361 g/mol. The van der Waals surface area contributed by atoms with E-state index in [4.69, 9.17) is 10.5 Å². The number of hydrogen-bond donors (Lipinski definition) is 2. The van der Waals surface area contributed by atoms with Gasteiger partial charge in [-0.15, -0.1) is 9.24 Å². The van der Waals surface area contributed by atoms with E-state index in [1.807, 2.05) is 13.8 Å². The first-order chi connectivity index (χ1) is 11.8. The molecule has 7 heteroatoms. The highest BCUT2D eigenvalue weighted by atomic mass is 31.0. The lowest BCUT2D eigenvalue weighted by Gasteiger charge is -2.15. The molecular weight excluding hydrogens is 340 g/mol. The van der Waals surface area contributed by atoms with Gasteiger partial charge in [0.1, 0.15) is 11.6 Å². The number of nitrogens with one attached hydrogen (secondary N) is 1. The lowest BCUT2D eigenvalue weighted by atomic mass is 10.1. The van der Waals surface area contributed by atoms with Gasteiger partial charge in [0.15, 0.2) is 11.6 Å². The van der Waals surface area contributed by atoms with Crippen LogP contribution < -0.4 is 21.1 Å². The number of halogens is 1. The maximum Gasteiger partial charge on any atom is 0.230 e. The maximum atomic E-state index is 14.1. The minimum atomic E-state index is -0.561. The number of benzene rings is 1. The van der Waals surface area contributed by atoms with E-state index in [2.05, 4.69) is 19.5 Å². The Morgan fingerprint density at radius 3 is 2.80 bits per heavy atom. The summed E-state index contributed by atoms with van der Waals surface area (Å²) >= 11 is 0. The highest BCUT2D eigenvalue weighted by Crippen LogP contribution is 2.45. The summed E-state index contributed by atoms with van der Waals surface area (Å²) in [4.78, 5) is 15.9. The molecule has 1 atom stereocenters. The second-order valence-electron chi connectivity index (χ2n) is 6.52. The number of nitrogens with two attached hydrogens (primary N) is 1. The number of hydrogen-bond acceptors (Lipinski definition) is 4. The van der Waals surface area contributed by atoms with E-state index in [-0.39, 0.29) is 22.9 Å². The fraction of sp³-hybridized carbons (Fsp3) is 0.333. The van der Waals surface area contributed by atoms with Gasteiger partial charge in [-0.3, -0.25) is 4.79 Å². The molecule has 1 aliphatic rings. The molecule has 0 aliphatic heterocycles. The Bertz CT molecular complexity index is 837. The largest absolute Gasteiger partial charge is 0.453 e. The summed E-state index contributed by atoms with van der Waals surface area (Å²) in [6, 6.07) is 5.21. The molecule has 1 aromatic heterocycles. The Balaban J connectivity index is 1.83. The molecule has 1 saturated carbocycles. The van der Waals surface area contributed by atoms with Gasteiger partial charge in [0.25, 0.3) is 0 Å². The van der Waals surface area contributed by atoms with Gasteiger partial charge in [0.2, 0.25) is 5.91 Å². The maximum absolute atomic E-state index is 14.1. The van der Waals surface area contributed by atoms with Crippen molar-refractivity contribution in [2.24, 2.45) is 5.41 Å². The third kappa shape index (κ3) is 3.59. The molecular formula is C18H21FN3O2P. The van der Waals surface area contributed by atoms with Gasteiger partial charge in [-0.25, -0.2) is 9.37 Å². The van der Waals surface area contributed by atoms with E-state index in [1.165, 1.54) is 0 Å². The quantitative estimate of drug-likeness (QED) is 0.801. The number of ether oxygens (including phenoxy) is 1. The third-order valence-electron chi connectivity index (χ3n) is 4.50. The van der Waals surface area contributed by atoms with Gasteiger partial charge >= 0.3 is 0 Å². The van der Waals surface area contributed by atoms with Crippen LogP contribution in [-0.2, 0) is 11.2 Å². The fourth-order valence-electron chi connectivity index (χ4n) is 2.50. The first-order valence-electron chi connectivity index (χ1n) is 8.15. The number of anilines is 2. The van der Waals surface area contributed by atoms with Crippen LogP contribution in [-0.4, -0.2) is 10.9 Å². The summed E-state index contributed by atoms with van der Waals surface area (Å²) in [6.07, 6.45) is 3.38. The molecule has 1 amide bonds. The third-order valence-corrected chi connectivity index (χ3v) is 4.95. The first-order valence-corrected chi connectivity index (χ1v) is 8.73. The van der Waals surface area contributed by atoms with E-state index in [1.54, 1.807) is 18.2 Å². The van der Waals surface area contributed by atoms with Crippen LogP contribution in [0.15, 0.2) is 24.4 Å². The van der Waals surface area contributed by atoms with Crippen molar-refractivity contribution in [3.63, 3.8) is 0 Å². The molecule has 1 heterocycles. The van der Waals surface area contributed by atoms with Gasteiger partial charge in [-0.2, -0.15) is 0 Å². The van der Waals surface area contributed by atoms with E-state index in [9.17, 15) is 9.18 Å². The van der Waals surface area contributed by atoms with Gasteiger partial charge in [0.05, 0.1) is 6.20 Å². The SMILES string of the molecule is CCc1c(N)ncc(F)c1Oc1ccc(NC(=O)C2(C)CC2)cc1P. The van der Waals surface area contributed by atoms with Crippen molar-refractivity contribution in [1.29, 1.82) is 0 Å². The average Bonchev–Trinajstić information content (AvgIpc) is 3.32. The molecule has 0 radical (unpaired) electrons. The van der Waals surface area contributed by atoms with Gasteiger partial charge in [-0.1, -0.05) is 13.8 Å². The van der Waals surface area contributed by atoms with Crippen molar-refractivity contribution in [3.8, 4) is 11.5 Å². The highest BCUT2D eigenvalue weighted by Gasteiger charge is 2.44. The van der Waals surface area contributed by atoms with Crippen LogP contribution in [0, 0.1) is 11.2 Å². The number of pyridine rings is 1. The van der Waals surface area contributed by atoms with Crippen molar-refractivity contribution >= 4 is 32.0 Å². The zero-order valence-corrected chi connectivity index (χ0v) is 15.4. The molecule has 2 aromatic rings. The molecule has 1 aromatic carbocycles. The van der Waals surface area contributed by atoms with E-state index < -0.39 is 5.82 Å². The van der Waals surface area contributed by atoms with Crippen LogP contribution in [0.3, 0.4) is 0 Å². The fourth-order valence-corrected chi connectivity index (χ4v) is 2.84. The van der Waals surface area contributed by atoms with Gasteiger partial charge < -0.3 is 15.8 Å². The molecule has 0 bridgehead atoms. The zero-order valence-electron chi connectivity index (χ0n) is 14.2. The molecule has 3 N–H and O–H groups in total. The lowest BCUT2D eigenvalue weighted by Crippen LogP contribution is -2.21. The molecule has 132 valence electrons. The Kier molecular flexibility index (Phi) is 4.65. The number of amides is 1. The normalized spacial score (nSPS) is 14.9. The van der Waals surface area contributed by atoms with Gasteiger partial charge in [0, 0.05) is 22.0 Å². The Morgan fingerprint density at radius 2 is 2.20 bits per heavy atom. The second kappa shape index (κ2) is 6.60. The second-order valence-corrected chi connectivity index (χ2v) is 7.14. The molecule has 0 spiro atoms. The summed E-state index contributed by atoms with van der Waals surface area (Å²) < 4.78 is 19.9. The van der Waals surface area contributed by atoms with E-state index in [0.717, 1.165) is 19.0 Å². The van der Waals surface area contributed by atoms with Crippen LogP contribution in [0.25, 0.3) is 0 Å². The van der Waals surface area contributed by atoms with Crippen molar-refractivity contribution in [3.05, 3.63) is 35.8 Å². The highest BCUT2D eigenvalue weighted by molar-refractivity contribution is 7.27. The Labute approximate surface area is 148 Å². The molecule has 3 rings (SSSR count). The molecule has 1 fully saturated rings. The number of nitrogens with zero attached hydrogens (tertiary/aromatic N) is 1. The summed E-state index contributed by atoms with van der Waals surface area (Å²) in [6.45, 7) is 3.81. The predicted molar refractivity (Wildman–Crippen MR) is 99.8 cm³/mol. The van der Waals surface area contributed by atoms with E-state index in [0.29, 0.717) is 28.7 Å². The Hall–Kier alpha value is -2.20. The molecule has 25 heavy (non-hydrogen) atoms. The van der Waals surface area contributed by atoms with Crippen LogP contribution in [0.5, 0.6) is 11.5 Å². The first kappa shape index (κ1) is 17.6. The molecule has 5 nitrogen and oxygen atoms in total. The van der Waals surface area contributed by atoms with Crippen LogP contribution in [0.4, 0.5) is 15.9 Å². The number of carbonyl (C=O) groups excluding carboxylic acids is 1. The van der Waals surface area contributed by atoms with Crippen molar-refractivity contribution < 1.29 is 13.9 Å². The summed E-state index contributed by atoms with van der Waals surface area (Å²) in [7, 11) is 2.54. The summed E-state index contributed by atoms with van der Waals surface area (Å²) in [5.74, 6) is 0.271. The van der Waals surface area contributed by atoms with Crippen LogP contribution in [0.2, 0.25) is 0 Å². The van der Waals surface area contributed by atoms with Crippen molar-refractivity contribution in [2.75, 3.05) is 11.1 Å². The summed E-state index contributed by atoms with van der Waals surface area (Å²) in [5.41, 5.74) is 6.77. The van der Waals surface area contributed by atoms with Crippen molar-refractivity contribution in [1.82, 2.24) is 4.98 Å². The minimum absolute atomic E-state index is 0.0202. The van der Waals surface area contributed by atoms with Crippen LogP contribution in [0.1, 0.15) is 32.3 Å². The molecule has 0 saturated heterocycles. The predicted octanol–water partition coefficient (Wildman–Crippen LogP) is 3.40. The molecule has 1 unspecified atom stereocenters. The number of carbonyl (C=O) groups is 1. The topological polar surface area (TPSA) is 77.2 Å². The lowest BCUT2D eigenvalue weighted by molar-refractivity contribution is -0.120. The van der Waals surface area contributed by atoms with Crippen molar-refractivity contribution in [2.45, 2.75) is 33.1 Å².